The molecule has 1 atom stereocenters. The summed E-state index contributed by atoms with van der Waals surface area (Å²) in [5.74, 6) is 0.431. The van der Waals surface area contributed by atoms with Crippen LogP contribution in [0.25, 0.3) is 0 Å². The van der Waals surface area contributed by atoms with E-state index < -0.39 is 0 Å². The topological polar surface area (TPSA) is 21.3 Å². The molecule has 0 saturated carbocycles. The van der Waals surface area contributed by atoms with Crippen LogP contribution in [0, 0.1) is 5.82 Å². The molecule has 0 amide bonds. The molecule has 0 fully saturated rings. The molecule has 98 valence electrons. The zero-order valence-corrected chi connectivity index (χ0v) is 12.1. The molecule has 19 heavy (non-hydrogen) atoms. The van der Waals surface area contributed by atoms with Crippen molar-refractivity contribution in [3.05, 3.63) is 57.3 Å². The van der Waals surface area contributed by atoms with Crippen LogP contribution >= 0.6 is 27.5 Å². The van der Waals surface area contributed by atoms with Gasteiger partial charge in [0.15, 0.2) is 5.75 Å². The fraction of sp³-hybridized carbons (Fsp3) is 0.143. The van der Waals surface area contributed by atoms with Crippen molar-refractivity contribution in [2.24, 2.45) is 0 Å². The summed E-state index contributed by atoms with van der Waals surface area (Å²) in [6.07, 6.45) is 0. The molecular formula is C14H10BrClFNO. The quantitative estimate of drug-likeness (QED) is 0.805. The van der Waals surface area contributed by atoms with Crippen molar-refractivity contribution in [3.8, 4) is 5.75 Å². The van der Waals surface area contributed by atoms with Crippen molar-refractivity contribution in [1.82, 2.24) is 0 Å². The highest BCUT2D eigenvalue weighted by Gasteiger charge is 2.24. The Morgan fingerprint density at radius 2 is 2.16 bits per heavy atom. The lowest BCUT2D eigenvalue weighted by Crippen LogP contribution is -2.25. The van der Waals surface area contributed by atoms with E-state index in [0.717, 1.165) is 15.9 Å². The molecule has 1 N–H and O–H groups in total. The molecule has 1 aliphatic rings. The van der Waals surface area contributed by atoms with Crippen molar-refractivity contribution in [3.63, 3.8) is 0 Å². The first-order chi connectivity index (χ1) is 9.15. The van der Waals surface area contributed by atoms with Gasteiger partial charge in [-0.2, -0.15) is 0 Å². The fourth-order valence-electron chi connectivity index (χ4n) is 2.12. The first-order valence-electron chi connectivity index (χ1n) is 5.78. The second-order valence-corrected chi connectivity index (χ2v) is 5.58. The number of fused-ring (bicyclic) bond motifs is 1. The molecule has 5 heteroatoms. The molecular weight excluding hydrogens is 333 g/mol. The summed E-state index contributed by atoms with van der Waals surface area (Å²) in [4.78, 5) is 0. The highest BCUT2D eigenvalue weighted by molar-refractivity contribution is 9.10. The highest BCUT2D eigenvalue weighted by atomic mass is 79.9. The van der Waals surface area contributed by atoms with Crippen molar-refractivity contribution in [2.45, 2.75) is 6.04 Å². The van der Waals surface area contributed by atoms with E-state index in [4.69, 9.17) is 16.3 Å². The van der Waals surface area contributed by atoms with E-state index in [2.05, 4.69) is 21.2 Å². The SMILES string of the molecule is Fc1cc(Cl)ccc1C1COc2c(Br)cccc2N1. The minimum Gasteiger partial charge on any atom is -0.488 e. The largest absolute Gasteiger partial charge is 0.488 e. The Morgan fingerprint density at radius 3 is 2.95 bits per heavy atom. The molecule has 2 nitrogen and oxygen atoms in total. The molecule has 0 aromatic heterocycles. The maximum Gasteiger partial charge on any atom is 0.156 e. The zero-order chi connectivity index (χ0) is 13.4. The van der Waals surface area contributed by atoms with Crippen LogP contribution in [0.4, 0.5) is 10.1 Å². The molecule has 3 rings (SSSR count). The number of ether oxygens (including phenoxy) is 1. The van der Waals surface area contributed by atoms with Gasteiger partial charge < -0.3 is 10.1 Å². The minimum absolute atomic E-state index is 0.223. The summed E-state index contributed by atoms with van der Waals surface area (Å²) in [5.41, 5.74) is 1.40. The second kappa shape index (κ2) is 5.02. The standard InChI is InChI=1S/C14H10BrClFNO/c15-10-2-1-3-12-14(10)19-7-13(18-12)9-5-4-8(16)6-11(9)17/h1-6,13,18H,7H2. The van der Waals surface area contributed by atoms with E-state index >= 15 is 0 Å². The molecule has 1 unspecified atom stereocenters. The van der Waals surface area contributed by atoms with Gasteiger partial charge in [0.2, 0.25) is 0 Å². The van der Waals surface area contributed by atoms with Crippen molar-refractivity contribution in [2.75, 3.05) is 11.9 Å². The van der Waals surface area contributed by atoms with Gasteiger partial charge in [-0.15, -0.1) is 0 Å². The highest BCUT2D eigenvalue weighted by Crippen LogP contribution is 2.39. The Kier molecular flexibility index (Phi) is 3.37. The number of halogens is 3. The summed E-state index contributed by atoms with van der Waals surface area (Å²) in [7, 11) is 0. The lowest BCUT2D eigenvalue weighted by molar-refractivity contribution is 0.282. The van der Waals surface area contributed by atoms with Crippen molar-refractivity contribution in [1.29, 1.82) is 0 Å². The van der Waals surface area contributed by atoms with Gasteiger partial charge in [0.05, 0.1) is 16.2 Å². The average molecular weight is 343 g/mol. The Morgan fingerprint density at radius 1 is 1.32 bits per heavy atom. The van der Waals surface area contributed by atoms with Crippen LogP contribution in [0.1, 0.15) is 11.6 Å². The van der Waals surface area contributed by atoms with E-state index in [1.165, 1.54) is 6.07 Å². The Labute approximate surface area is 123 Å². The summed E-state index contributed by atoms with van der Waals surface area (Å²) in [6.45, 7) is 0.369. The molecule has 0 bridgehead atoms. The van der Waals surface area contributed by atoms with Crippen LogP contribution in [0.2, 0.25) is 5.02 Å². The van der Waals surface area contributed by atoms with Crippen LogP contribution in [0.15, 0.2) is 40.9 Å². The third-order valence-corrected chi connectivity index (χ3v) is 3.89. The molecule has 1 heterocycles. The van der Waals surface area contributed by atoms with Gasteiger partial charge in [-0.1, -0.05) is 23.7 Å². The van der Waals surface area contributed by atoms with Crippen LogP contribution in [-0.2, 0) is 0 Å². The van der Waals surface area contributed by atoms with Crippen molar-refractivity contribution < 1.29 is 9.13 Å². The molecule has 1 aliphatic heterocycles. The number of nitrogens with one attached hydrogen (secondary N) is 1. The van der Waals surface area contributed by atoms with Gasteiger partial charge in [0.1, 0.15) is 12.4 Å². The predicted molar refractivity (Wildman–Crippen MR) is 77.4 cm³/mol. The third-order valence-electron chi connectivity index (χ3n) is 3.03. The monoisotopic (exact) mass is 341 g/mol. The Balaban J connectivity index is 1.93. The van der Waals surface area contributed by atoms with Crippen LogP contribution in [0.3, 0.4) is 0 Å². The summed E-state index contributed by atoms with van der Waals surface area (Å²) in [5, 5.41) is 3.67. The number of anilines is 1. The van der Waals surface area contributed by atoms with Gasteiger partial charge in [-0.05, 0) is 40.2 Å². The predicted octanol–water partition coefficient (Wildman–Crippen LogP) is 4.79. The van der Waals surface area contributed by atoms with E-state index in [1.807, 2.05) is 18.2 Å². The Bertz CT molecular complexity index is 635. The van der Waals surface area contributed by atoms with Gasteiger partial charge in [0.25, 0.3) is 0 Å². The van der Waals surface area contributed by atoms with Crippen LogP contribution in [0.5, 0.6) is 5.75 Å². The van der Waals surface area contributed by atoms with Gasteiger partial charge >= 0.3 is 0 Å². The molecule has 0 saturated heterocycles. The van der Waals surface area contributed by atoms with Gasteiger partial charge in [0, 0.05) is 10.6 Å². The third kappa shape index (κ3) is 2.42. The molecule has 2 aromatic carbocycles. The number of hydrogen-bond acceptors (Lipinski definition) is 2. The summed E-state index contributed by atoms with van der Waals surface area (Å²) < 4.78 is 20.5. The van der Waals surface area contributed by atoms with E-state index in [9.17, 15) is 4.39 Å². The van der Waals surface area contributed by atoms with Crippen LogP contribution in [-0.4, -0.2) is 6.61 Å². The molecule has 0 radical (unpaired) electrons. The van der Waals surface area contributed by atoms with Gasteiger partial charge in [-0.3, -0.25) is 0 Å². The first-order valence-corrected chi connectivity index (χ1v) is 6.95. The van der Waals surface area contributed by atoms with E-state index in [0.29, 0.717) is 17.2 Å². The number of para-hydroxylation sites is 1. The minimum atomic E-state index is -0.327. The zero-order valence-electron chi connectivity index (χ0n) is 9.79. The number of benzene rings is 2. The fourth-order valence-corrected chi connectivity index (χ4v) is 2.76. The first kappa shape index (κ1) is 12.8. The molecule has 2 aromatic rings. The average Bonchev–Trinajstić information content (AvgIpc) is 2.38. The Hall–Kier alpha value is -1.26. The normalized spacial score (nSPS) is 17.3. The lowest BCUT2D eigenvalue weighted by Gasteiger charge is -2.28. The summed E-state index contributed by atoms with van der Waals surface area (Å²) in [6, 6.07) is 10.2. The number of rotatable bonds is 1. The summed E-state index contributed by atoms with van der Waals surface area (Å²) >= 11 is 9.19. The number of hydrogen-bond donors (Lipinski definition) is 1. The van der Waals surface area contributed by atoms with Gasteiger partial charge in [-0.25, -0.2) is 4.39 Å². The lowest BCUT2D eigenvalue weighted by atomic mass is 10.1. The maximum atomic E-state index is 13.9. The molecule has 0 aliphatic carbocycles. The second-order valence-electron chi connectivity index (χ2n) is 4.29. The van der Waals surface area contributed by atoms with E-state index in [-0.39, 0.29) is 11.9 Å². The molecule has 0 spiro atoms. The van der Waals surface area contributed by atoms with Crippen molar-refractivity contribution >= 4 is 33.2 Å². The maximum absolute atomic E-state index is 13.9. The van der Waals surface area contributed by atoms with Crippen LogP contribution < -0.4 is 10.1 Å². The van der Waals surface area contributed by atoms with E-state index in [1.54, 1.807) is 12.1 Å². The smallest absolute Gasteiger partial charge is 0.156 e.